The van der Waals surface area contributed by atoms with Crippen molar-refractivity contribution < 1.29 is 4.79 Å². The molecule has 0 bridgehead atoms. The first-order valence-corrected chi connectivity index (χ1v) is 7.87. The predicted molar refractivity (Wildman–Crippen MR) is 92.9 cm³/mol. The van der Waals surface area contributed by atoms with E-state index in [1.807, 2.05) is 19.1 Å². The van der Waals surface area contributed by atoms with Gasteiger partial charge >= 0.3 is 6.03 Å². The first kappa shape index (κ1) is 16.7. The van der Waals surface area contributed by atoms with E-state index in [1.165, 1.54) is 5.56 Å². The quantitative estimate of drug-likeness (QED) is 0.766. The molecule has 0 aliphatic heterocycles. The largest absolute Gasteiger partial charge is 0.331 e. The molecule has 0 spiro atoms. The van der Waals surface area contributed by atoms with E-state index in [9.17, 15) is 4.79 Å². The Balaban J connectivity index is 2.00. The minimum absolute atomic E-state index is 0.108. The molecule has 0 aromatic heterocycles. The third-order valence-corrected chi connectivity index (χ3v) is 4.25. The Bertz CT molecular complexity index is 656. The molecule has 2 aromatic rings. The predicted octanol–water partition coefficient (Wildman–Crippen LogP) is 5.44. The van der Waals surface area contributed by atoms with E-state index < -0.39 is 0 Å². The van der Waals surface area contributed by atoms with Crippen molar-refractivity contribution in [3.8, 4) is 0 Å². The van der Waals surface area contributed by atoms with Crippen LogP contribution in [-0.4, -0.2) is 6.03 Å². The normalized spacial score (nSPS) is 11.8. The van der Waals surface area contributed by atoms with Gasteiger partial charge in [-0.05, 0) is 36.6 Å². The van der Waals surface area contributed by atoms with Gasteiger partial charge in [0, 0.05) is 0 Å². The summed E-state index contributed by atoms with van der Waals surface area (Å²) in [5.41, 5.74) is 2.80. The number of hydrogen-bond acceptors (Lipinski definition) is 1. The van der Waals surface area contributed by atoms with Crippen LogP contribution in [0.2, 0.25) is 10.0 Å². The Morgan fingerprint density at radius 1 is 1.14 bits per heavy atom. The van der Waals surface area contributed by atoms with Crippen LogP contribution in [0.5, 0.6) is 0 Å². The number of carbonyl (C=O) groups excluding carboxylic acids is 1. The summed E-state index contributed by atoms with van der Waals surface area (Å²) in [5.74, 6) is 0. The maximum atomic E-state index is 12.1. The third kappa shape index (κ3) is 4.15. The zero-order chi connectivity index (χ0) is 16.1. The van der Waals surface area contributed by atoms with Crippen LogP contribution in [0.15, 0.2) is 42.5 Å². The molecule has 0 fully saturated rings. The van der Waals surface area contributed by atoms with Gasteiger partial charge in [0.25, 0.3) is 0 Å². The lowest BCUT2D eigenvalue weighted by molar-refractivity contribution is 0.249. The smallest absolute Gasteiger partial charge is 0.319 e. The number of urea groups is 1. The van der Waals surface area contributed by atoms with Crippen molar-refractivity contribution in [1.82, 2.24) is 5.32 Å². The van der Waals surface area contributed by atoms with Crippen LogP contribution < -0.4 is 10.6 Å². The summed E-state index contributed by atoms with van der Waals surface area (Å²) < 4.78 is 0. The van der Waals surface area contributed by atoms with Crippen molar-refractivity contribution in [2.24, 2.45) is 0 Å². The fourth-order valence-corrected chi connectivity index (χ4v) is 2.43. The van der Waals surface area contributed by atoms with Gasteiger partial charge in [0.1, 0.15) is 0 Å². The highest BCUT2D eigenvalue weighted by Gasteiger charge is 2.12. The van der Waals surface area contributed by atoms with Crippen molar-refractivity contribution in [1.29, 1.82) is 0 Å². The maximum Gasteiger partial charge on any atom is 0.319 e. The van der Waals surface area contributed by atoms with Crippen LogP contribution in [0.4, 0.5) is 10.5 Å². The first-order valence-electron chi connectivity index (χ1n) is 7.11. The van der Waals surface area contributed by atoms with Crippen LogP contribution in [0.1, 0.15) is 31.0 Å². The summed E-state index contributed by atoms with van der Waals surface area (Å²) in [6.45, 7) is 4.04. The summed E-state index contributed by atoms with van der Waals surface area (Å²) in [7, 11) is 0. The molecule has 0 saturated heterocycles. The lowest BCUT2D eigenvalue weighted by Gasteiger charge is -2.16. The monoisotopic (exact) mass is 336 g/mol. The van der Waals surface area contributed by atoms with Crippen molar-refractivity contribution in [3.63, 3.8) is 0 Å². The van der Waals surface area contributed by atoms with Gasteiger partial charge < -0.3 is 10.6 Å². The first-order chi connectivity index (χ1) is 10.5. The molecule has 3 nitrogen and oxygen atoms in total. The fourth-order valence-electron chi connectivity index (χ4n) is 2.08. The average Bonchev–Trinajstić information content (AvgIpc) is 2.52. The molecule has 0 radical (unpaired) electrons. The summed E-state index contributed by atoms with van der Waals surface area (Å²) in [6.07, 6.45) is 0.996. The summed E-state index contributed by atoms with van der Waals surface area (Å²) in [5, 5.41) is 6.32. The number of amides is 2. The number of rotatable bonds is 4. The maximum absolute atomic E-state index is 12.1. The Hall–Kier alpha value is -1.71. The lowest BCUT2D eigenvalue weighted by atomic mass is 10.1. The second-order valence-electron chi connectivity index (χ2n) is 5.02. The average molecular weight is 337 g/mol. The van der Waals surface area contributed by atoms with Crippen LogP contribution >= 0.6 is 23.2 Å². The van der Waals surface area contributed by atoms with Gasteiger partial charge in [0.05, 0.1) is 21.8 Å². The molecule has 22 heavy (non-hydrogen) atoms. The number of carbonyl (C=O) groups is 1. The van der Waals surface area contributed by atoms with E-state index in [0.29, 0.717) is 15.7 Å². The topological polar surface area (TPSA) is 41.1 Å². The molecule has 0 aliphatic carbocycles. The molecule has 0 unspecified atom stereocenters. The fraction of sp³-hybridized carbons (Fsp3) is 0.235. The molecular weight excluding hydrogens is 319 g/mol. The SMILES string of the molecule is CCc1ccc([C@H](C)NC(=O)Nc2cccc(Cl)c2Cl)cc1. The highest BCUT2D eigenvalue weighted by molar-refractivity contribution is 6.43. The standard InChI is InChI=1S/C17H18Cl2N2O/c1-3-12-7-9-13(10-8-12)11(2)20-17(22)21-15-6-4-5-14(18)16(15)19/h4-11H,3H2,1-2H3,(H2,20,21,22)/t11-/m0/s1. The molecule has 0 saturated carbocycles. The number of benzene rings is 2. The van der Waals surface area contributed by atoms with Gasteiger partial charge in [-0.3, -0.25) is 0 Å². The van der Waals surface area contributed by atoms with Crippen LogP contribution in [0.3, 0.4) is 0 Å². The van der Waals surface area contributed by atoms with Gasteiger partial charge in [-0.2, -0.15) is 0 Å². The summed E-state index contributed by atoms with van der Waals surface area (Å²) in [6, 6.07) is 12.9. The Morgan fingerprint density at radius 2 is 1.82 bits per heavy atom. The molecule has 2 N–H and O–H groups in total. The van der Waals surface area contributed by atoms with Crippen molar-refractivity contribution >= 4 is 34.9 Å². The van der Waals surface area contributed by atoms with E-state index >= 15 is 0 Å². The highest BCUT2D eigenvalue weighted by atomic mass is 35.5. The van der Waals surface area contributed by atoms with Crippen molar-refractivity contribution in [2.45, 2.75) is 26.3 Å². The van der Waals surface area contributed by atoms with Gasteiger partial charge in [-0.15, -0.1) is 0 Å². The van der Waals surface area contributed by atoms with Gasteiger partial charge in [0.2, 0.25) is 0 Å². The number of anilines is 1. The van der Waals surface area contributed by atoms with E-state index in [0.717, 1.165) is 12.0 Å². The van der Waals surface area contributed by atoms with Crippen LogP contribution in [0.25, 0.3) is 0 Å². The molecule has 5 heteroatoms. The zero-order valence-electron chi connectivity index (χ0n) is 12.5. The number of aryl methyl sites for hydroxylation is 1. The molecule has 2 amide bonds. The van der Waals surface area contributed by atoms with Gasteiger partial charge in [-0.25, -0.2) is 4.79 Å². The molecule has 0 aliphatic rings. The molecule has 2 aromatic carbocycles. The van der Waals surface area contributed by atoms with E-state index in [2.05, 4.69) is 29.7 Å². The lowest BCUT2D eigenvalue weighted by Crippen LogP contribution is -2.31. The minimum Gasteiger partial charge on any atom is -0.331 e. The second kappa shape index (κ2) is 7.52. The van der Waals surface area contributed by atoms with Gasteiger partial charge in [-0.1, -0.05) is 60.5 Å². The minimum atomic E-state index is -0.323. The molecular formula is C17H18Cl2N2O. The van der Waals surface area contributed by atoms with Crippen LogP contribution in [0, 0.1) is 0 Å². The van der Waals surface area contributed by atoms with E-state index in [-0.39, 0.29) is 12.1 Å². The van der Waals surface area contributed by atoms with Crippen LogP contribution in [-0.2, 0) is 6.42 Å². The number of hydrogen-bond donors (Lipinski definition) is 2. The third-order valence-electron chi connectivity index (χ3n) is 3.44. The van der Waals surface area contributed by atoms with E-state index in [1.54, 1.807) is 18.2 Å². The highest BCUT2D eigenvalue weighted by Crippen LogP contribution is 2.29. The van der Waals surface area contributed by atoms with Crippen molar-refractivity contribution in [2.75, 3.05) is 5.32 Å². The second-order valence-corrected chi connectivity index (χ2v) is 5.80. The molecule has 1 atom stereocenters. The van der Waals surface area contributed by atoms with Crippen molar-refractivity contribution in [3.05, 3.63) is 63.6 Å². The Morgan fingerprint density at radius 3 is 2.45 bits per heavy atom. The number of halogens is 2. The summed E-state index contributed by atoms with van der Waals surface area (Å²) >= 11 is 12.0. The Kier molecular flexibility index (Phi) is 5.69. The van der Waals surface area contributed by atoms with E-state index in [4.69, 9.17) is 23.2 Å². The molecule has 116 valence electrons. The molecule has 0 heterocycles. The van der Waals surface area contributed by atoms with Gasteiger partial charge in [0.15, 0.2) is 0 Å². The zero-order valence-corrected chi connectivity index (χ0v) is 14.0. The number of nitrogens with one attached hydrogen (secondary N) is 2. The Labute approximate surface area is 140 Å². The summed E-state index contributed by atoms with van der Waals surface area (Å²) in [4.78, 5) is 12.1. The molecule has 2 rings (SSSR count).